The van der Waals surface area contributed by atoms with Crippen LogP contribution in [0.3, 0.4) is 0 Å². The van der Waals surface area contributed by atoms with Gasteiger partial charge in [-0.25, -0.2) is 37.3 Å². The summed E-state index contributed by atoms with van der Waals surface area (Å²) < 4.78 is 67.9. The number of aromatic nitrogens is 2. The fraction of sp³-hybridized carbons (Fsp3) is 0.429. The Morgan fingerprint density at radius 3 is 1.32 bits per heavy atom. The predicted molar refractivity (Wildman–Crippen MR) is 114 cm³/mol. The Morgan fingerprint density at radius 1 is 0.711 bits per heavy atom. The number of pyridine rings is 2. The van der Waals surface area contributed by atoms with Crippen LogP contribution in [0.5, 0.6) is 0 Å². The first-order valence-electron chi connectivity index (χ1n) is 10.4. The van der Waals surface area contributed by atoms with E-state index >= 15 is 0 Å². The molecule has 0 amide bonds. The van der Waals surface area contributed by atoms with Crippen molar-refractivity contribution < 1.29 is 80.0 Å². The Bertz CT molecular complexity index is 847. The second kappa shape index (κ2) is 22.2. The van der Waals surface area contributed by atoms with Gasteiger partial charge in [0.15, 0.2) is 0 Å². The molecule has 14 nitrogen and oxygen atoms in total. The second-order valence-electron chi connectivity index (χ2n) is 7.24. The minimum Gasteiger partial charge on any atom is -0.457 e. The molecule has 0 radical (unpaired) electrons. The van der Waals surface area contributed by atoms with Crippen LogP contribution in [0.15, 0.2) is 46.4 Å². The quantitative estimate of drug-likeness (QED) is 0.135. The minimum absolute atomic E-state index is 0. The van der Waals surface area contributed by atoms with Crippen molar-refractivity contribution in [2.75, 3.05) is 33.2 Å². The molecule has 0 saturated carbocycles. The number of nitrogens with zero attached hydrogens (tertiary/aromatic N) is 5. The molecule has 2 heterocycles. The van der Waals surface area contributed by atoms with E-state index < -0.39 is 20.5 Å². The van der Waals surface area contributed by atoms with Gasteiger partial charge in [-0.3, -0.25) is 20.0 Å². The van der Waals surface area contributed by atoms with Crippen LogP contribution in [0, 0.1) is 34.3 Å². The van der Waals surface area contributed by atoms with Gasteiger partial charge in [-0.15, -0.1) is 20.5 Å². The fourth-order valence-corrected chi connectivity index (χ4v) is 2.56. The summed E-state index contributed by atoms with van der Waals surface area (Å²) in [5.41, 5.74) is 3.91. The molecule has 0 aliphatic carbocycles. The summed E-state index contributed by atoms with van der Waals surface area (Å²) >= 11 is 0. The van der Waals surface area contributed by atoms with E-state index in [1.165, 1.54) is 0 Å². The van der Waals surface area contributed by atoms with Crippen LogP contribution >= 0.6 is 0 Å². The van der Waals surface area contributed by atoms with E-state index in [0.29, 0.717) is 0 Å². The summed E-state index contributed by atoms with van der Waals surface area (Å²) in [4.78, 5) is 20.1. The zero-order valence-electron chi connectivity index (χ0n) is 21.0. The first-order valence-corrected chi connectivity index (χ1v) is 12.9. The van der Waals surface area contributed by atoms with Crippen LogP contribution in [0.2, 0.25) is 0 Å². The summed E-state index contributed by atoms with van der Waals surface area (Å²) in [6, 6.07) is 12.0. The van der Waals surface area contributed by atoms with Crippen LogP contribution in [-0.4, -0.2) is 60.5 Å². The second-order valence-corrected chi connectivity index (χ2v) is 8.76. The molecule has 17 heteroatoms. The van der Waals surface area contributed by atoms with E-state index in [1.807, 2.05) is 62.7 Å². The number of hydrogen-bond acceptors (Lipinski definition) is 13. The summed E-state index contributed by atoms with van der Waals surface area (Å²) in [7, 11) is -7.74. The van der Waals surface area contributed by atoms with E-state index in [9.17, 15) is 0 Å². The van der Waals surface area contributed by atoms with Gasteiger partial charge < -0.3 is 10.4 Å². The molecule has 3 N–H and O–H groups in total. The Labute approximate surface area is 236 Å². The van der Waals surface area contributed by atoms with Crippen molar-refractivity contribution in [2.45, 2.75) is 26.7 Å². The molecule has 216 valence electrons. The first-order chi connectivity index (χ1) is 16.6. The van der Waals surface area contributed by atoms with Gasteiger partial charge in [0.1, 0.15) is 0 Å². The van der Waals surface area contributed by atoms with E-state index in [-0.39, 0.29) is 22.3 Å². The number of aliphatic imine (C=N–C) groups is 2. The summed E-state index contributed by atoms with van der Waals surface area (Å²) in [6.45, 7) is 7.74. The van der Waals surface area contributed by atoms with Gasteiger partial charge in [0.2, 0.25) is 0 Å². The van der Waals surface area contributed by atoms with Crippen LogP contribution in [0.1, 0.15) is 35.6 Å². The topological polar surface area (TPSA) is 271 Å². The fourth-order valence-electron chi connectivity index (χ4n) is 2.56. The van der Waals surface area contributed by atoms with E-state index in [0.717, 1.165) is 61.8 Å². The average Bonchev–Trinajstić information content (AvgIpc) is 2.71. The predicted octanol–water partition coefficient (Wildman–Crippen LogP) is -7.09. The SMILES string of the molecule is Cc1cccc(C=NCCCN(C)CCCN=Cc2cccc(C)n2)n1.[Co+3].[O-][Cl+3]([O-])([O-])[O-].[O-][Cl+3]([O-])([O-])[O-].[OH3+]. The van der Waals surface area contributed by atoms with Gasteiger partial charge in [0.05, 0.1) is 11.4 Å². The Balaban J connectivity index is -0.000000872. The molecule has 0 bridgehead atoms. The summed E-state index contributed by atoms with van der Waals surface area (Å²) in [6.07, 6.45) is 5.83. The molecule has 0 atom stereocenters. The molecule has 0 spiro atoms. The molecule has 2 aromatic heterocycles. The molecular weight excluding hydrogens is 596 g/mol. The average molecular weight is 628 g/mol. The molecule has 0 unspecified atom stereocenters. The molecule has 38 heavy (non-hydrogen) atoms. The van der Waals surface area contributed by atoms with Gasteiger partial charge in [-0.2, -0.15) is 0 Å². The van der Waals surface area contributed by atoms with Crippen molar-refractivity contribution in [3.8, 4) is 0 Å². The summed E-state index contributed by atoms with van der Waals surface area (Å²) in [5, 5.41) is 0. The van der Waals surface area contributed by atoms with Gasteiger partial charge in [0, 0.05) is 36.9 Å². The van der Waals surface area contributed by atoms with Crippen LogP contribution in [-0.2, 0) is 22.3 Å². The first kappa shape index (κ1) is 40.8. The molecule has 2 rings (SSSR count). The third-order valence-corrected chi connectivity index (χ3v) is 3.92. The van der Waals surface area contributed by atoms with Gasteiger partial charge in [0.25, 0.3) is 0 Å². The maximum absolute atomic E-state index is 8.49. The molecule has 0 saturated heterocycles. The van der Waals surface area contributed by atoms with Crippen LogP contribution < -0.4 is 37.3 Å². The minimum atomic E-state index is -4.94. The number of rotatable bonds is 10. The Morgan fingerprint density at radius 2 is 1.03 bits per heavy atom. The maximum atomic E-state index is 8.49. The molecule has 0 fully saturated rings. The van der Waals surface area contributed by atoms with Crippen molar-refractivity contribution in [3.05, 3.63) is 59.2 Å². The van der Waals surface area contributed by atoms with E-state index in [2.05, 4.69) is 31.9 Å². The summed E-state index contributed by atoms with van der Waals surface area (Å²) in [5.74, 6) is 0. The molecular formula is C21H32Cl2CoN5O9+2. The zero-order chi connectivity index (χ0) is 27.6. The zero-order valence-corrected chi connectivity index (χ0v) is 23.6. The van der Waals surface area contributed by atoms with E-state index in [1.54, 1.807) is 0 Å². The number of halogens is 2. The Kier molecular flexibility index (Phi) is 23.8. The largest absolute Gasteiger partial charge is 3.00 e. The molecule has 2 aromatic rings. The maximum Gasteiger partial charge on any atom is 3.00 e. The third-order valence-electron chi connectivity index (χ3n) is 3.92. The molecule has 0 aliphatic rings. The van der Waals surface area contributed by atoms with Gasteiger partial charge >= 0.3 is 16.8 Å². The number of hydrogen-bond donors (Lipinski definition) is 0. The molecule has 0 aromatic carbocycles. The normalized spacial score (nSPS) is 11.3. The number of aryl methyl sites for hydroxylation is 2. The Hall–Kier alpha value is -1.67. The smallest absolute Gasteiger partial charge is 0.457 e. The van der Waals surface area contributed by atoms with Crippen LogP contribution in [0.25, 0.3) is 0 Å². The van der Waals surface area contributed by atoms with Gasteiger partial charge in [-0.05, 0) is 71.1 Å². The van der Waals surface area contributed by atoms with Crippen molar-refractivity contribution in [3.63, 3.8) is 0 Å². The van der Waals surface area contributed by atoms with E-state index in [4.69, 9.17) is 37.3 Å². The molecule has 0 aliphatic heterocycles. The monoisotopic (exact) mass is 627 g/mol. The van der Waals surface area contributed by atoms with Crippen molar-refractivity contribution in [2.24, 2.45) is 9.98 Å². The van der Waals surface area contributed by atoms with Gasteiger partial charge in [-0.1, -0.05) is 12.1 Å². The third kappa shape index (κ3) is 32.4. The van der Waals surface area contributed by atoms with Crippen LogP contribution in [0.4, 0.5) is 0 Å². The van der Waals surface area contributed by atoms with Crippen molar-refractivity contribution in [1.82, 2.24) is 14.9 Å². The van der Waals surface area contributed by atoms with Crippen molar-refractivity contribution in [1.29, 1.82) is 0 Å². The standard InChI is InChI=1S/C21H29N5.2ClHO4.Co.H2O/c1-18-8-4-10-20(24-18)16-22-12-6-14-26(3)15-7-13-23-17-21-11-5-9-19(2)25-21;2*2-1(3,4)5;;/h4-5,8-11,16-17H,6-7,12-15H2,1-3H3;2*(H,2,3,4,5);;1H2/q;;;+3;/p-1. The van der Waals surface area contributed by atoms with Crippen molar-refractivity contribution >= 4 is 12.4 Å².